The summed E-state index contributed by atoms with van der Waals surface area (Å²) in [7, 11) is 0. The zero-order valence-electron chi connectivity index (χ0n) is 11.4. The van der Waals surface area contributed by atoms with E-state index in [2.05, 4.69) is 18.7 Å². The summed E-state index contributed by atoms with van der Waals surface area (Å²) in [5.74, 6) is 0.143. The second kappa shape index (κ2) is 6.78. The molecule has 0 amide bonds. The highest BCUT2D eigenvalue weighted by Gasteiger charge is 2.22. The first-order valence-electron chi connectivity index (χ1n) is 6.72. The lowest BCUT2D eigenvalue weighted by atomic mass is 10.1. The normalized spacial score (nSPS) is 24.4. The second-order valence-corrected chi connectivity index (χ2v) is 7.46. The zero-order valence-corrected chi connectivity index (χ0v) is 13.0. The molecule has 2 nitrogen and oxygen atoms in total. The fourth-order valence-corrected chi connectivity index (χ4v) is 4.18. The lowest BCUT2D eigenvalue weighted by Gasteiger charge is -2.34. The van der Waals surface area contributed by atoms with E-state index in [-0.39, 0.29) is 5.78 Å². The van der Waals surface area contributed by atoms with Gasteiger partial charge in [0, 0.05) is 42.1 Å². The van der Waals surface area contributed by atoms with Gasteiger partial charge in [0.25, 0.3) is 0 Å². The van der Waals surface area contributed by atoms with Crippen LogP contribution >= 0.6 is 23.4 Å². The van der Waals surface area contributed by atoms with E-state index >= 15 is 0 Å². The number of hydrogen-bond acceptors (Lipinski definition) is 3. The minimum absolute atomic E-state index is 0.143. The molecule has 0 aliphatic carbocycles. The van der Waals surface area contributed by atoms with Crippen LogP contribution in [0.4, 0.5) is 0 Å². The van der Waals surface area contributed by atoms with Gasteiger partial charge in [-0.1, -0.05) is 37.6 Å². The highest BCUT2D eigenvalue weighted by Crippen LogP contribution is 2.25. The largest absolute Gasteiger partial charge is 0.301 e. The number of carbonyl (C=O) groups is 1. The fourth-order valence-electron chi connectivity index (χ4n) is 2.55. The van der Waals surface area contributed by atoms with Gasteiger partial charge in [-0.25, -0.2) is 0 Å². The molecule has 19 heavy (non-hydrogen) atoms. The molecule has 0 N–H and O–H groups in total. The first kappa shape index (κ1) is 14.9. The van der Waals surface area contributed by atoms with Crippen molar-refractivity contribution in [3.63, 3.8) is 0 Å². The van der Waals surface area contributed by atoms with Crippen molar-refractivity contribution in [3.8, 4) is 0 Å². The van der Waals surface area contributed by atoms with Crippen LogP contribution in [-0.4, -0.2) is 40.8 Å². The smallest absolute Gasteiger partial charge is 0.165 e. The maximum Gasteiger partial charge on any atom is 0.165 e. The van der Waals surface area contributed by atoms with Gasteiger partial charge in [-0.15, -0.1) is 0 Å². The number of hydrogen-bond donors (Lipinski definition) is 0. The molecule has 4 heteroatoms. The summed E-state index contributed by atoms with van der Waals surface area (Å²) in [6.45, 7) is 7.49. The molecule has 0 bridgehead atoms. The Morgan fingerprint density at radius 3 is 2.58 bits per heavy atom. The van der Waals surface area contributed by atoms with Gasteiger partial charge in [0.2, 0.25) is 0 Å². The Morgan fingerprint density at radius 2 is 1.95 bits per heavy atom. The highest BCUT2D eigenvalue weighted by atomic mass is 35.5. The van der Waals surface area contributed by atoms with Crippen LogP contribution in [0.15, 0.2) is 24.3 Å². The van der Waals surface area contributed by atoms with Crippen LogP contribution in [0.25, 0.3) is 0 Å². The molecule has 0 saturated carbocycles. The first-order valence-corrected chi connectivity index (χ1v) is 8.04. The van der Waals surface area contributed by atoms with Gasteiger partial charge in [0.15, 0.2) is 5.78 Å². The van der Waals surface area contributed by atoms with Gasteiger partial charge < -0.3 is 4.90 Å². The van der Waals surface area contributed by atoms with Gasteiger partial charge in [0.1, 0.15) is 0 Å². The predicted molar refractivity (Wildman–Crippen MR) is 83.4 cm³/mol. The number of rotatable bonds is 4. The van der Waals surface area contributed by atoms with Crippen molar-refractivity contribution in [1.29, 1.82) is 0 Å². The maximum absolute atomic E-state index is 12.2. The predicted octanol–water partition coefficient (Wildman–Crippen LogP) is 3.74. The standard InChI is InChI=1S/C15H20ClNOS/c1-11-9-17(10-12(2)19-11)8-7-15(18)13-5-3-4-6-14(13)16/h3-6,11-12H,7-10H2,1-2H3. The number of benzene rings is 1. The Balaban J connectivity index is 1.89. The maximum atomic E-state index is 12.2. The zero-order chi connectivity index (χ0) is 13.8. The van der Waals surface area contributed by atoms with E-state index in [0.717, 1.165) is 19.6 Å². The van der Waals surface area contributed by atoms with Gasteiger partial charge in [-0.2, -0.15) is 11.8 Å². The average Bonchev–Trinajstić information content (AvgIpc) is 2.35. The van der Waals surface area contributed by atoms with Crippen molar-refractivity contribution in [1.82, 2.24) is 4.90 Å². The van der Waals surface area contributed by atoms with Crippen LogP contribution in [0, 0.1) is 0 Å². The van der Waals surface area contributed by atoms with E-state index in [0.29, 0.717) is 27.5 Å². The Morgan fingerprint density at radius 1 is 1.32 bits per heavy atom. The van der Waals surface area contributed by atoms with Crippen molar-refractivity contribution in [2.45, 2.75) is 30.8 Å². The summed E-state index contributed by atoms with van der Waals surface area (Å²) in [4.78, 5) is 14.5. The van der Waals surface area contributed by atoms with E-state index < -0.39 is 0 Å². The molecular weight excluding hydrogens is 278 g/mol. The summed E-state index contributed by atoms with van der Waals surface area (Å²) in [5, 5.41) is 1.86. The number of Topliss-reactive ketones (excluding diaryl/α,β-unsaturated/α-hetero) is 1. The molecule has 1 aliphatic heterocycles. The van der Waals surface area contributed by atoms with Crippen LogP contribution in [-0.2, 0) is 0 Å². The molecule has 1 heterocycles. The summed E-state index contributed by atoms with van der Waals surface area (Å²) < 4.78 is 0. The van der Waals surface area contributed by atoms with Gasteiger partial charge in [0.05, 0.1) is 5.02 Å². The molecule has 1 saturated heterocycles. The third kappa shape index (κ3) is 4.23. The fraction of sp³-hybridized carbons (Fsp3) is 0.533. The average molecular weight is 298 g/mol. The third-order valence-corrected chi connectivity index (χ3v) is 4.88. The molecule has 0 radical (unpaired) electrons. The quantitative estimate of drug-likeness (QED) is 0.790. The minimum Gasteiger partial charge on any atom is -0.301 e. The highest BCUT2D eigenvalue weighted by molar-refractivity contribution is 8.00. The summed E-state index contributed by atoms with van der Waals surface area (Å²) in [6.07, 6.45) is 0.549. The van der Waals surface area contributed by atoms with E-state index in [4.69, 9.17) is 11.6 Å². The monoisotopic (exact) mass is 297 g/mol. The Kier molecular flexibility index (Phi) is 5.31. The van der Waals surface area contributed by atoms with Crippen LogP contribution < -0.4 is 0 Å². The lowest BCUT2D eigenvalue weighted by Crippen LogP contribution is -2.41. The Hall–Kier alpha value is -0.510. The first-order chi connectivity index (χ1) is 9.06. The summed E-state index contributed by atoms with van der Waals surface area (Å²) in [5.41, 5.74) is 0.650. The molecule has 2 rings (SSSR count). The molecule has 2 unspecified atom stereocenters. The minimum atomic E-state index is 0.143. The van der Waals surface area contributed by atoms with Crippen molar-refractivity contribution in [2.24, 2.45) is 0 Å². The molecule has 1 aromatic rings. The van der Waals surface area contributed by atoms with E-state index in [1.165, 1.54) is 0 Å². The van der Waals surface area contributed by atoms with Crippen molar-refractivity contribution >= 4 is 29.1 Å². The van der Waals surface area contributed by atoms with Crippen LogP contribution in [0.5, 0.6) is 0 Å². The number of thioether (sulfide) groups is 1. The van der Waals surface area contributed by atoms with Crippen molar-refractivity contribution < 1.29 is 4.79 Å². The van der Waals surface area contributed by atoms with Crippen LogP contribution in [0.1, 0.15) is 30.6 Å². The molecule has 1 fully saturated rings. The molecule has 1 aliphatic rings. The molecule has 2 atom stereocenters. The Labute approximate surface area is 124 Å². The van der Waals surface area contributed by atoms with Crippen molar-refractivity contribution in [2.75, 3.05) is 19.6 Å². The summed E-state index contributed by atoms with van der Waals surface area (Å²) >= 11 is 8.08. The van der Waals surface area contributed by atoms with Gasteiger partial charge in [-0.3, -0.25) is 4.79 Å². The Bertz CT molecular complexity index is 442. The molecule has 104 valence electrons. The van der Waals surface area contributed by atoms with Gasteiger partial charge in [-0.05, 0) is 12.1 Å². The SMILES string of the molecule is CC1CN(CCC(=O)c2ccccc2Cl)CC(C)S1. The molecule has 1 aromatic carbocycles. The summed E-state index contributed by atoms with van der Waals surface area (Å²) in [6, 6.07) is 7.30. The van der Waals surface area contributed by atoms with Crippen LogP contribution in [0.2, 0.25) is 5.02 Å². The molecular formula is C15H20ClNOS. The number of carbonyl (C=O) groups excluding carboxylic acids is 1. The van der Waals surface area contributed by atoms with E-state index in [1.54, 1.807) is 6.07 Å². The topological polar surface area (TPSA) is 20.3 Å². The second-order valence-electron chi connectivity index (χ2n) is 5.17. The number of ketones is 1. The van der Waals surface area contributed by atoms with Gasteiger partial charge >= 0.3 is 0 Å². The van der Waals surface area contributed by atoms with Crippen molar-refractivity contribution in [3.05, 3.63) is 34.9 Å². The molecule has 0 aromatic heterocycles. The third-order valence-electron chi connectivity index (χ3n) is 3.32. The van der Waals surface area contributed by atoms with E-state index in [1.807, 2.05) is 30.0 Å². The van der Waals surface area contributed by atoms with Crippen LogP contribution in [0.3, 0.4) is 0 Å². The number of nitrogens with zero attached hydrogens (tertiary/aromatic N) is 1. The lowest BCUT2D eigenvalue weighted by molar-refractivity contribution is 0.0963. The number of halogens is 1. The van der Waals surface area contributed by atoms with E-state index in [9.17, 15) is 4.79 Å². The molecule has 0 spiro atoms.